The van der Waals surface area contributed by atoms with Crippen molar-refractivity contribution in [2.75, 3.05) is 0 Å². The highest BCUT2D eigenvalue weighted by atomic mass is 15.3. The summed E-state index contributed by atoms with van der Waals surface area (Å²) in [7, 11) is 0. The molecule has 0 radical (unpaired) electrons. The standard InChI is InChI=1S/C14H26N4/c1-11-4-5-14(12(2)8-11)17-13(3)6-7-18-10-15-9-16-18/h9-14,17H,4-8H2,1-3H3/t11-,12+,13-,14+/m1/s1. The average Bonchev–Trinajstić information content (AvgIpc) is 2.83. The topological polar surface area (TPSA) is 42.7 Å². The summed E-state index contributed by atoms with van der Waals surface area (Å²) in [6.45, 7) is 7.99. The van der Waals surface area contributed by atoms with Crippen LogP contribution in [0.5, 0.6) is 0 Å². The fourth-order valence-corrected chi connectivity index (χ4v) is 3.04. The zero-order chi connectivity index (χ0) is 13.0. The molecule has 2 rings (SSSR count). The first-order valence-electron chi connectivity index (χ1n) is 7.23. The monoisotopic (exact) mass is 250 g/mol. The summed E-state index contributed by atoms with van der Waals surface area (Å²) in [4.78, 5) is 3.97. The fraction of sp³-hybridized carbons (Fsp3) is 0.857. The molecule has 4 atom stereocenters. The molecule has 18 heavy (non-hydrogen) atoms. The van der Waals surface area contributed by atoms with Crippen LogP contribution in [0.4, 0.5) is 0 Å². The van der Waals surface area contributed by atoms with Crippen molar-refractivity contribution < 1.29 is 0 Å². The number of aryl methyl sites for hydroxylation is 1. The maximum absolute atomic E-state index is 4.14. The SMILES string of the molecule is C[C@@H]1CC[C@H](N[C@H](C)CCn2cncn2)[C@@H](C)C1. The second-order valence-corrected chi connectivity index (χ2v) is 6.02. The van der Waals surface area contributed by atoms with E-state index in [1.807, 2.05) is 4.68 Å². The number of aromatic nitrogens is 3. The van der Waals surface area contributed by atoms with Gasteiger partial charge in [0.15, 0.2) is 0 Å². The van der Waals surface area contributed by atoms with E-state index >= 15 is 0 Å². The van der Waals surface area contributed by atoms with E-state index < -0.39 is 0 Å². The maximum Gasteiger partial charge on any atom is 0.137 e. The van der Waals surface area contributed by atoms with E-state index in [1.165, 1.54) is 19.3 Å². The third-order valence-corrected chi connectivity index (χ3v) is 4.19. The molecular formula is C14H26N4. The molecule has 1 heterocycles. The van der Waals surface area contributed by atoms with Gasteiger partial charge in [-0.15, -0.1) is 0 Å². The number of nitrogens with zero attached hydrogens (tertiary/aromatic N) is 3. The molecule has 0 saturated heterocycles. The van der Waals surface area contributed by atoms with Crippen LogP contribution in [0.25, 0.3) is 0 Å². The third-order valence-electron chi connectivity index (χ3n) is 4.19. The molecule has 1 aliphatic carbocycles. The molecule has 0 bridgehead atoms. The second-order valence-electron chi connectivity index (χ2n) is 6.02. The largest absolute Gasteiger partial charge is 0.311 e. The maximum atomic E-state index is 4.14. The molecule has 1 fully saturated rings. The first kappa shape index (κ1) is 13.5. The van der Waals surface area contributed by atoms with Crippen molar-refractivity contribution in [3.63, 3.8) is 0 Å². The molecule has 102 valence electrons. The minimum Gasteiger partial charge on any atom is -0.311 e. The Morgan fingerprint density at radius 3 is 2.89 bits per heavy atom. The van der Waals surface area contributed by atoms with Crippen molar-refractivity contribution in [1.29, 1.82) is 0 Å². The first-order valence-corrected chi connectivity index (χ1v) is 7.23. The Morgan fingerprint density at radius 2 is 2.22 bits per heavy atom. The van der Waals surface area contributed by atoms with Gasteiger partial charge in [-0.25, -0.2) is 4.98 Å². The highest BCUT2D eigenvalue weighted by Gasteiger charge is 2.25. The molecule has 0 aromatic carbocycles. The molecule has 1 N–H and O–H groups in total. The lowest BCUT2D eigenvalue weighted by molar-refractivity contribution is 0.212. The third kappa shape index (κ3) is 3.80. The predicted molar refractivity (Wildman–Crippen MR) is 73.2 cm³/mol. The van der Waals surface area contributed by atoms with Gasteiger partial charge in [0.2, 0.25) is 0 Å². The van der Waals surface area contributed by atoms with Crippen LogP contribution in [-0.2, 0) is 6.54 Å². The van der Waals surface area contributed by atoms with Crippen molar-refractivity contribution in [1.82, 2.24) is 20.1 Å². The van der Waals surface area contributed by atoms with Crippen LogP contribution >= 0.6 is 0 Å². The van der Waals surface area contributed by atoms with Gasteiger partial charge < -0.3 is 5.32 Å². The summed E-state index contributed by atoms with van der Waals surface area (Å²) < 4.78 is 1.91. The lowest BCUT2D eigenvalue weighted by atomic mass is 9.79. The Hall–Kier alpha value is -0.900. The van der Waals surface area contributed by atoms with E-state index in [0.29, 0.717) is 12.1 Å². The summed E-state index contributed by atoms with van der Waals surface area (Å²) in [5, 5.41) is 7.93. The Balaban J connectivity index is 1.72. The molecule has 4 heteroatoms. The van der Waals surface area contributed by atoms with Crippen LogP contribution in [0.3, 0.4) is 0 Å². The molecule has 1 aromatic rings. The summed E-state index contributed by atoms with van der Waals surface area (Å²) >= 11 is 0. The summed E-state index contributed by atoms with van der Waals surface area (Å²) in [5.74, 6) is 1.71. The number of hydrogen-bond acceptors (Lipinski definition) is 3. The van der Waals surface area contributed by atoms with Crippen molar-refractivity contribution in [3.05, 3.63) is 12.7 Å². The number of rotatable bonds is 5. The van der Waals surface area contributed by atoms with E-state index in [-0.39, 0.29) is 0 Å². The lowest BCUT2D eigenvalue weighted by Crippen LogP contribution is -2.43. The number of nitrogens with one attached hydrogen (secondary N) is 1. The average molecular weight is 250 g/mol. The van der Waals surface area contributed by atoms with Gasteiger partial charge in [-0.3, -0.25) is 4.68 Å². The van der Waals surface area contributed by atoms with E-state index in [2.05, 4.69) is 36.2 Å². The summed E-state index contributed by atoms with van der Waals surface area (Å²) in [6.07, 6.45) is 8.57. The van der Waals surface area contributed by atoms with E-state index in [0.717, 1.165) is 24.8 Å². The van der Waals surface area contributed by atoms with Crippen LogP contribution in [0, 0.1) is 11.8 Å². The normalized spacial score (nSPS) is 30.3. The van der Waals surface area contributed by atoms with Crippen molar-refractivity contribution in [2.24, 2.45) is 11.8 Å². The Labute approximate surface area is 110 Å². The molecule has 1 saturated carbocycles. The molecule has 0 spiro atoms. The zero-order valence-electron chi connectivity index (χ0n) is 11.8. The number of hydrogen-bond donors (Lipinski definition) is 1. The van der Waals surface area contributed by atoms with E-state index in [4.69, 9.17) is 0 Å². The molecule has 1 aliphatic rings. The molecule has 4 nitrogen and oxygen atoms in total. The van der Waals surface area contributed by atoms with Crippen LogP contribution in [0.2, 0.25) is 0 Å². The Kier molecular flexibility index (Phi) is 4.75. The van der Waals surface area contributed by atoms with Gasteiger partial charge in [0.1, 0.15) is 12.7 Å². The van der Waals surface area contributed by atoms with Crippen LogP contribution < -0.4 is 5.32 Å². The van der Waals surface area contributed by atoms with Crippen molar-refractivity contribution >= 4 is 0 Å². The van der Waals surface area contributed by atoms with Gasteiger partial charge in [-0.05, 0) is 44.4 Å². The summed E-state index contributed by atoms with van der Waals surface area (Å²) in [6, 6.07) is 1.25. The molecule has 1 aromatic heterocycles. The quantitative estimate of drug-likeness (QED) is 0.873. The molecule has 0 unspecified atom stereocenters. The summed E-state index contributed by atoms with van der Waals surface area (Å²) in [5.41, 5.74) is 0. The fourth-order valence-electron chi connectivity index (χ4n) is 3.04. The molecule has 0 aliphatic heterocycles. The van der Waals surface area contributed by atoms with Crippen LogP contribution in [0.1, 0.15) is 46.5 Å². The van der Waals surface area contributed by atoms with Gasteiger partial charge in [0.05, 0.1) is 0 Å². The highest BCUT2D eigenvalue weighted by Crippen LogP contribution is 2.28. The Morgan fingerprint density at radius 1 is 1.39 bits per heavy atom. The molecule has 0 amide bonds. The minimum absolute atomic E-state index is 0.551. The van der Waals surface area contributed by atoms with Gasteiger partial charge >= 0.3 is 0 Å². The van der Waals surface area contributed by atoms with Crippen molar-refractivity contribution in [2.45, 2.75) is 65.1 Å². The zero-order valence-corrected chi connectivity index (χ0v) is 11.8. The van der Waals surface area contributed by atoms with E-state index in [9.17, 15) is 0 Å². The van der Waals surface area contributed by atoms with Crippen LogP contribution in [0.15, 0.2) is 12.7 Å². The van der Waals surface area contributed by atoms with Gasteiger partial charge in [-0.1, -0.05) is 13.8 Å². The smallest absolute Gasteiger partial charge is 0.137 e. The first-order chi connectivity index (χ1) is 8.65. The van der Waals surface area contributed by atoms with Gasteiger partial charge in [0, 0.05) is 18.6 Å². The van der Waals surface area contributed by atoms with Crippen LogP contribution in [-0.4, -0.2) is 26.8 Å². The van der Waals surface area contributed by atoms with Gasteiger partial charge in [-0.2, -0.15) is 5.10 Å². The minimum atomic E-state index is 0.551. The highest BCUT2D eigenvalue weighted by molar-refractivity contribution is 4.82. The van der Waals surface area contributed by atoms with Gasteiger partial charge in [0.25, 0.3) is 0 Å². The van der Waals surface area contributed by atoms with Crippen molar-refractivity contribution in [3.8, 4) is 0 Å². The Bertz CT molecular complexity index is 336. The second kappa shape index (κ2) is 6.32. The van der Waals surface area contributed by atoms with E-state index in [1.54, 1.807) is 12.7 Å². The lowest BCUT2D eigenvalue weighted by Gasteiger charge is -2.35. The molecular weight excluding hydrogens is 224 g/mol. The predicted octanol–water partition coefficient (Wildman–Crippen LogP) is 2.47.